The second-order valence-electron chi connectivity index (χ2n) is 5.98. The van der Waals surface area contributed by atoms with Gasteiger partial charge in [0.25, 0.3) is 5.56 Å². The second-order valence-corrected chi connectivity index (χ2v) is 7.79. The highest BCUT2D eigenvalue weighted by Crippen LogP contribution is 2.31. The molecular weight excluding hydrogens is 396 g/mol. The van der Waals surface area contributed by atoms with Crippen LogP contribution < -0.4 is 21.6 Å². The summed E-state index contributed by atoms with van der Waals surface area (Å²) >= 11 is 2.56. The first-order chi connectivity index (χ1) is 13.5. The Labute approximate surface area is 170 Å². The van der Waals surface area contributed by atoms with Gasteiger partial charge in [0.15, 0.2) is 5.16 Å². The van der Waals surface area contributed by atoms with Crippen LogP contribution in [0.5, 0.6) is 5.75 Å². The zero-order valence-corrected chi connectivity index (χ0v) is 17.1. The van der Waals surface area contributed by atoms with E-state index >= 15 is 0 Å². The molecule has 7 nitrogen and oxygen atoms in total. The molecule has 0 fully saturated rings. The van der Waals surface area contributed by atoms with Crippen LogP contribution in [0.1, 0.15) is 18.4 Å². The second kappa shape index (κ2) is 8.59. The summed E-state index contributed by atoms with van der Waals surface area (Å²) in [6.07, 6.45) is 1.80. The fourth-order valence-electron chi connectivity index (χ4n) is 2.68. The molecule has 3 rings (SSSR count). The highest BCUT2D eigenvalue weighted by atomic mass is 32.2. The van der Waals surface area contributed by atoms with E-state index in [1.807, 2.05) is 12.3 Å². The van der Waals surface area contributed by atoms with E-state index in [1.165, 1.54) is 15.9 Å². The number of ether oxygens (including phenoxy) is 1. The van der Waals surface area contributed by atoms with E-state index in [0.29, 0.717) is 26.8 Å². The van der Waals surface area contributed by atoms with Gasteiger partial charge in [-0.3, -0.25) is 19.6 Å². The van der Waals surface area contributed by atoms with E-state index in [-0.39, 0.29) is 23.1 Å². The lowest BCUT2D eigenvalue weighted by Crippen LogP contribution is -2.32. The lowest BCUT2D eigenvalue weighted by Gasteiger charge is -2.13. The normalized spacial score (nSPS) is 12.0. The topological polar surface area (TPSA) is 99.2 Å². The average Bonchev–Trinajstić information content (AvgIpc) is 3.16. The van der Waals surface area contributed by atoms with Gasteiger partial charge < -0.3 is 4.74 Å². The maximum atomic E-state index is 13.4. The number of methoxy groups -OCH3 is 1. The molecule has 1 atom stereocenters. The van der Waals surface area contributed by atoms with Crippen molar-refractivity contribution in [1.82, 2.24) is 15.0 Å². The molecule has 3 aromatic rings. The largest absolute Gasteiger partial charge is 0.497 e. The Kier molecular flexibility index (Phi) is 6.18. The summed E-state index contributed by atoms with van der Waals surface area (Å²) in [6.45, 7) is 5.82. The van der Waals surface area contributed by atoms with Crippen LogP contribution in [0.25, 0.3) is 15.9 Å². The van der Waals surface area contributed by atoms with E-state index in [0.717, 1.165) is 17.3 Å². The van der Waals surface area contributed by atoms with Gasteiger partial charge in [-0.25, -0.2) is 10.8 Å². The Morgan fingerprint density at radius 2 is 2.18 bits per heavy atom. The van der Waals surface area contributed by atoms with E-state index in [4.69, 9.17) is 10.6 Å². The first-order valence-corrected chi connectivity index (χ1v) is 10.3. The minimum Gasteiger partial charge on any atom is -0.497 e. The number of nitrogens with one attached hydrogen (secondary N) is 1. The van der Waals surface area contributed by atoms with Crippen molar-refractivity contribution in [3.8, 4) is 11.4 Å². The summed E-state index contributed by atoms with van der Waals surface area (Å²) in [4.78, 5) is 30.3. The average molecular weight is 417 g/mol. The smallest absolute Gasteiger partial charge is 0.267 e. The van der Waals surface area contributed by atoms with Crippen LogP contribution in [0.4, 0.5) is 0 Å². The molecule has 0 radical (unpaired) electrons. The molecule has 9 heteroatoms. The van der Waals surface area contributed by atoms with Gasteiger partial charge in [-0.05, 0) is 35.2 Å². The van der Waals surface area contributed by atoms with Crippen molar-refractivity contribution in [3.05, 3.63) is 58.2 Å². The van der Waals surface area contributed by atoms with Crippen molar-refractivity contribution in [2.45, 2.75) is 18.0 Å². The summed E-state index contributed by atoms with van der Waals surface area (Å²) in [5.41, 5.74) is 3.44. The number of nitrogens with two attached hydrogens (primary N) is 1. The number of amides is 1. The Balaban J connectivity index is 2.22. The number of thioether (sulfide) groups is 1. The highest BCUT2D eigenvalue weighted by molar-refractivity contribution is 7.99. The quantitative estimate of drug-likeness (QED) is 0.153. The SMILES string of the molecule is C=CC(C)c1csc2nc(SCC(=O)NN)n(-c3ccc(OC)cc3)c(=O)c12. The van der Waals surface area contributed by atoms with Gasteiger partial charge in [0.05, 0.1) is 23.9 Å². The summed E-state index contributed by atoms with van der Waals surface area (Å²) in [5.74, 6) is 5.56. The lowest BCUT2D eigenvalue weighted by molar-refractivity contribution is -0.118. The van der Waals surface area contributed by atoms with Crippen LogP contribution in [0.15, 0.2) is 52.3 Å². The van der Waals surface area contributed by atoms with Crippen LogP contribution in [-0.2, 0) is 4.79 Å². The van der Waals surface area contributed by atoms with E-state index in [1.54, 1.807) is 37.5 Å². The van der Waals surface area contributed by atoms with Crippen LogP contribution in [0, 0.1) is 0 Å². The van der Waals surface area contributed by atoms with Crippen molar-refractivity contribution >= 4 is 39.2 Å². The molecule has 146 valence electrons. The molecule has 0 saturated carbocycles. The molecule has 1 aromatic carbocycles. The number of rotatable bonds is 7. The van der Waals surface area contributed by atoms with Gasteiger partial charge >= 0.3 is 0 Å². The number of carbonyl (C=O) groups is 1. The molecule has 0 bridgehead atoms. The molecule has 0 saturated heterocycles. The minimum atomic E-state index is -0.354. The van der Waals surface area contributed by atoms with Crippen molar-refractivity contribution in [2.24, 2.45) is 5.84 Å². The lowest BCUT2D eigenvalue weighted by atomic mass is 10.0. The summed E-state index contributed by atoms with van der Waals surface area (Å²) in [6, 6.07) is 7.11. The first-order valence-electron chi connectivity index (χ1n) is 8.43. The third-order valence-corrected chi connectivity index (χ3v) is 6.10. The molecule has 0 aliphatic rings. The van der Waals surface area contributed by atoms with E-state index in [9.17, 15) is 9.59 Å². The predicted octanol–water partition coefficient (Wildman–Crippen LogP) is 2.83. The zero-order valence-electron chi connectivity index (χ0n) is 15.5. The first kappa shape index (κ1) is 20.1. The maximum absolute atomic E-state index is 13.4. The Hall–Kier alpha value is -2.62. The van der Waals surface area contributed by atoms with Gasteiger partial charge in [0, 0.05) is 5.92 Å². The Bertz CT molecular complexity index is 1070. The summed E-state index contributed by atoms with van der Waals surface area (Å²) in [7, 11) is 1.58. The number of aromatic nitrogens is 2. The van der Waals surface area contributed by atoms with Crippen molar-refractivity contribution in [3.63, 3.8) is 0 Å². The molecule has 2 heterocycles. The number of hydrogen-bond donors (Lipinski definition) is 2. The number of hydrazine groups is 1. The number of nitrogens with zero attached hydrogens (tertiary/aromatic N) is 2. The van der Waals surface area contributed by atoms with Gasteiger partial charge in [-0.15, -0.1) is 17.9 Å². The van der Waals surface area contributed by atoms with Crippen LogP contribution in [0.3, 0.4) is 0 Å². The molecule has 3 N–H and O–H groups in total. The highest BCUT2D eigenvalue weighted by Gasteiger charge is 2.20. The van der Waals surface area contributed by atoms with E-state index < -0.39 is 0 Å². The van der Waals surface area contributed by atoms with E-state index in [2.05, 4.69) is 17.0 Å². The number of benzene rings is 1. The third-order valence-electron chi connectivity index (χ3n) is 4.27. The predicted molar refractivity (Wildman–Crippen MR) is 113 cm³/mol. The summed E-state index contributed by atoms with van der Waals surface area (Å²) in [5, 5.41) is 2.93. The van der Waals surface area contributed by atoms with Gasteiger partial charge in [0.1, 0.15) is 10.6 Å². The number of thiophene rings is 1. The van der Waals surface area contributed by atoms with Crippen molar-refractivity contribution < 1.29 is 9.53 Å². The molecule has 0 aliphatic carbocycles. The van der Waals surface area contributed by atoms with Gasteiger partial charge in [-0.1, -0.05) is 24.8 Å². The van der Waals surface area contributed by atoms with Crippen molar-refractivity contribution in [2.75, 3.05) is 12.9 Å². The van der Waals surface area contributed by atoms with Gasteiger partial charge in [-0.2, -0.15) is 0 Å². The third kappa shape index (κ3) is 3.82. The Morgan fingerprint density at radius 3 is 2.79 bits per heavy atom. The zero-order chi connectivity index (χ0) is 20.3. The summed E-state index contributed by atoms with van der Waals surface area (Å²) < 4.78 is 6.71. The van der Waals surface area contributed by atoms with Crippen LogP contribution in [-0.4, -0.2) is 28.3 Å². The number of carbonyl (C=O) groups excluding carboxylic acids is 1. The fraction of sp³-hybridized carbons (Fsp3) is 0.211. The number of hydrogen-bond acceptors (Lipinski definition) is 7. The molecule has 28 heavy (non-hydrogen) atoms. The molecular formula is C19H20N4O3S2. The molecule has 0 spiro atoms. The maximum Gasteiger partial charge on any atom is 0.267 e. The Morgan fingerprint density at radius 1 is 1.46 bits per heavy atom. The molecule has 1 amide bonds. The molecule has 2 aromatic heterocycles. The standard InChI is InChI=1S/C19H20N4O3S2/c1-4-11(2)14-9-27-17-16(14)18(25)23(12-5-7-13(26-3)8-6-12)19(21-17)28-10-15(24)22-20/h4-9,11H,1,10,20H2,2-3H3,(H,22,24). The molecule has 0 aliphatic heterocycles. The van der Waals surface area contributed by atoms with Crippen molar-refractivity contribution in [1.29, 1.82) is 0 Å². The number of allylic oxidation sites excluding steroid dienone is 1. The van der Waals surface area contributed by atoms with Crippen LogP contribution >= 0.6 is 23.1 Å². The fourth-order valence-corrected chi connectivity index (χ4v) is 4.59. The minimum absolute atomic E-state index is 0.0223. The monoisotopic (exact) mass is 416 g/mol. The number of fused-ring (bicyclic) bond motifs is 1. The molecule has 1 unspecified atom stereocenters. The van der Waals surface area contributed by atoms with Crippen LogP contribution in [0.2, 0.25) is 0 Å². The van der Waals surface area contributed by atoms with Gasteiger partial charge in [0.2, 0.25) is 5.91 Å².